The normalized spacial score (nSPS) is 8.10. The van der Waals surface area contributed by atoms with E-state index in [4.69, 9.17) is 4.74 Å². The summed E-state index contributed by atoms with van der Waals surface area (Å²) < 4.78 is 5.09. The van der Waals surface area contributed by atoms with Crippen LogP contribution in [0.15, 0.2) is 30.3 Å². The van der Waals surface area contributed by atoms with Gasteiger partial charge in [-0.05, 0) is 18.7 Å². The average Bonchev–Trinajstić information content (AvgIpc) is 1.91. The van der Waals surface area contributed by atoms with Crippen molar-refractivity contribution in [3.8, 4) is 5.75 Å². The quantitative estimate of drug-likeness (QED) is 0.677. The van der Waals surface area contributed by atoms with Crippen molar-refractivity contribution >= 4 is 0 Å². The summed E-state index contributed by atoms with van der Waals surface area (Å²) in [4.78, 5) is 0. The summed E-state index contributed by atoms with van der Waals surface area (Å²) in [6, 6.07) is 9.64. The van der Waals surface area contributed by atoms with Crippen LogP contribution in [0.5, 0.6) is 5.75 Å². The van der Waals surface area contributed by atoms with E-state index >= 15 is 0 Å². The van der Waals surface area contributed by atoms with Crippen molar-refractivity contribution in [3.05, 3.63) is 37.3 Å². The Labute approximate surface area is 86.7 Å². The maximum atomic E-state index is 5.09. The van der Waals surface area contributed by atoms with Crippen LogP contribution in [-0.4, -0.2) is 6.61 Å². The van der Waals surface area contributed by atoms with Gasteiger partial charge in [0.05, 0.1) is 0 Å². The molecule has 0 N–H and O–H groups in total. The second-order valence-corrected chi connectivity index (χ2v) is 1.66. The molecule has 0 aromatic heterocycles. The van der Waals surface area contributed by atoms with Gasteiger partial charge in [-0.15, -0.1) is 0 Å². The van der Waals surface area contributed by atoms with Gasteiger partial charge in [-0.1, -0.05) is 18.2 Å². The number of hydrogen-bond acceptors (Lipinski definition) is 1. The number of hydrogen-bond donors (Lipinski definition) is 0. The van der Waals surface area contributed by atoms with E-state index in [0.29, 0.717) is 6.61 Å². The molecule has 1 aromatic carbocycles. The van der Waals surface area contributed by atoms with Gasteiger partial charge in [0.25, 0.3) is 0 Å². The van der Waals surface area contributed by atoms with E-state index in [1.807, 2.05) is 30.3 Å². The summed E-state index contributed by atoms with van der Waals surface area (Å²) in [6.07, 6.45) is 0. The second-order valence-electron chi connectivity index (χ2n) is 1.66. The van der Waals surface area contributed by atoms with E-state index < -0.39 is 0 Å². The summed E-state index contributed by atoms with van der Waals surface area (Å²) in [5.41, 5.74) is 0. The van der Waals surface area contributed by atoms with Crippen molar-refractivity contribution < 1.29 is 37.4 Å². The van der Waals surface area contributed by atoms with Crippen LogP contribution in [0.25, 0.3) is 0 Å². The predicted octanol–water partition coefficient (Wildman–Crippen LogP) is 1.90. The minimum atomic E-state index is 0. The molecule has 0 unspecified atom stereocenters. The van der Waals surface area contributed by atoms with E-state index in [9.17, 15) is 0 Å². The van der Waals surface area contributed by atoms with Crippen LogP contribution in [0.2, 0.25) is 0 Å². The van der Waals surface area contributed by atoms with Crippen molar-refractivity contribution in [2.45, 2.75) is 0 Å². The molecule has 0 bridgehead atoms. The molecule has 51 valence electrons. The molecular weight excluding hydrogens is 201 g/mol. The van der Waals surface area contributed by atoms with Gasteiger partial charge in [-0.2, -0.15) is 0 Å². The zero-order chi connectivity index (χ0) is 6.53. The first kappa shape index (κ1) is 10.1. The number of rotatable bonds is 2. The number of ether oxygens (including phenoxy) is 1. The van der Waals surface area contributed by atoms with Gasteiger partial charge in [0, 0.05) is 32.7 Å². The molecule has 0 aliphatic carbocycles. The van der Waals surface area contributed by atoms with Crippen LogP contribution >= 0.6 is 0 Å². The van der Waals surface area contributed by atoms with Gasteiger partial charge in [0.15, 0.2) is 0 Å². The fraction of sp³-hybridized carbons (Fsp3) is 0.125. The fourth-order valence-electron chi connectivity index (χ4n) is 0.635. The van der Waals surface area contributed by atoms with Gasteiger partial charge in [-0.3, -0.25) is 0 Å². The first-order chi connectivity index (χ1) is 4.43. The largest absolute Gasteiger partial charge is 0.525 e. The Balaban J connectivity index is 0.000000810. The molecular formula is C8H9OY-. The minimum absolute atomic E-state index is 0. The van der Waals surface area contributed by atoms with Crippen LogP contribution in [0, 0.1) is 6.92 Å². The zero-order valence-corrected chi connectivity index (χ0v) is 8.62. The Kier molecular flexibility index (Phi) is 5.95. The molecule has 0 atom stereocenters. The molecule has 0 fully saturated rings. The van der Waals surface area contributed by atoms with Crippen LogP contribution in [0.3, 0.4) is 0 Å². The van der Waals surface area contributed by atoms with Gasteiger partial charge < -0.3 is 11.7 Å². The number of para-hydroxylation sites is 1. The Morgan fingerprint density at radius 2 is 1.80 bits per heavy atom. The van der Waals surface area contributed by atoms with Gasteiger partial charge in [0.1, 0.15) is 5.75 Å². The van der Waals surface area contributed by atoms with Crippen molar-refractivity contribution in [1.82, 2.24) is 0 Å². The Morgan fingerprint density at radius 1 is 1.20 bits per heavy atom. The SMILES string of the molecule is [CH2-]COc1ccccc1.[Y]. The zero-order valence-electron chi connectivity index (χ0n) is 5.79. The minimum Gasteiger partial charge on any atom is -0.525 e. The third kappa shape index (κ3) is 3.33. The predicted molar refractivity (Wildman–Crippen MR) is 37.3 cm³/mol. The molecule has 0 amide bonds. The molecule has 0 saturated heterocycles. The molecule has 2 heteroatoms. The Bertz CT molecular complexity index is 162. The summed E-state index contributed by atoms with van der Waals surface area (Å²) in [7, 11) is 0. The van der Waals surface area contributed by atoms with Crippen molar-refractivity contribution in [3.63, 3.8) is 0 Å². The molecule has 0 aliphatic heterocycles. The van der Waals surface area contributed by atoms with Crippen LogP contribution in [0.1, 0.15) is 0 Å². The van der Waals surface area contributed by atoms with Crippen molar-refractivity contribution in [2.24, 2.45) is 0 Å². The van der Waals surface area contributed by atoms with E-state index in [2.05, 4.69) is 6.92 Å². The van der Waals surface area contributed by atoms with E-state index in [1.165, 1.54) is 0 Å². The second kappa shape index (κ2) is 5.88. The molecule has 1 radical (unpaired) electrons. The molecule has 0 heterocycles. The molecule has 0 spiro atoms. The molecule has 1 nitrogen and oxygen atoms in total. The molecule has 0 saturated carbocycles. The Hall–Kier alpha value is 0.124. The van der Waals surface area contributed by atoms with Gasteiger partial charge in [0.2, 0.25) is 0 Å². The summed E-state index contributed by atoms with van der Waals surface area (Å²) in [6.45, 7) is 4.05. The first-order valence-corrected chi connectivity index (χ1v) is 2.90. The number of benzene rings is 1. The standard InChI is InChI=1S/C8H9O.Y/c1-2-9-8-6-4-3-5-7-8;/h3-7H,1-2H2;/q-1;. The monoisotopic (exact) mass is 210 g/mol. The summed E-state index contributed by atoms with van der Waals surface area (Å²) in [5, 5.41) is 0. The van der Waals surface area contributed by atoms with Gasteiger partial charge in [-0.25, -0.2) is 0 Å². The maximum absolute atomic E-state index is 5.09. The van der Waals surface area contributed by atoms with Crippen molar-refractivity contribution in [1.29, 1.82) is 0 Å². The van der Waals surface area contributed by atoms with E-state index in [0.717, 1.165) is 5.75 Å². The van der Waals surface area contributed by atoms with Gasteiger partial charge >= 0.3 is 0 Å². The maximum Gasteiger partial charge on any atom is 0.115 e. The third-order valence-electron chi connectivity index (χ3n) is 1.01. The Morgan fingerprint density at radius 3 is 2.30 bits per heavy atom. The fourth-order valence-corrected chi connectivity index (χ4v) is 0.635. The van der Waals surface area contributed by atoms with E-state index in [1.54, 1.807) is 0 Å². The summed E-state index contributed by atoms with van der Waals surface area (Å²) in [5.74, 6) is 0.882. The van der Waals surface area contributed by atoms with Crippen LogP contribution < -0.4 is 4.74 Å². The smallest absolute Gasteiger partial charge is 0.115 e. The average molecular weight is 210 g/mol. The van der Waals surface area contributed by atoms with E-state index in [-0.39, 0.29) is 32.7 Å². The van der Waals surface area contributed by atoms with Crippen molar-refractivity contribution in [2.75, 3.05) is 6.61 Å². The molecule has 10 heavy (non-hydrogen) atoms. The molecule has 1 aromatic rings. The van der Waals surface area contributed by atoms with Crippen LogP contribution in [0.4, 0.5) is 0 Å². The molecule has 0 aliphatic rings. The van der Waals surface area contributed by atoms with Crippen LogP contribution in [-0.2, 0) is 32.7 Å². The first-order valence-electron chi connectivity index (χ1n) is 2.90. The summed E-state index contributed by atoms with van der Waals surface area (Å²) >= 11 is 0. The molecule has 1 rings (SSSR count). The topological polar surface area (TPSA) is 9.23 Å². The third-order valence-corrected chi connectivity index (χ3v) is 1.01.